The van der Waals surface area contributed by atoms with Crippen LogP contribution in [0.25, 0.3) is 0 Å². The summed E-state index contributed by atoms with van der Waals surface area (Å²) in [5, 5.41) is 3.25. The summed E-state index contributed by atoms with van der Waals surface area (Å²) in [4.78, 5) is 16.0. The summed E-state index contributed by atoms with van der Waals surface area (Å²) in [6.45, 7) is 1.89. The van der Waals surface area contributed by atoms with Gasteiger partial charge in [0.2, 0.25) is 0 Å². The third-order valence-corrected chi connectivity index (χ3v) is 3.38. The van der Waals surface area contributed by atoms with Crippen molar-refractivity contribution in [3.05, 3.63) is 57.8 Å². The largest absolute Gasteiger partial charge is 0.497 e. The number of benzene rings is 1. The Labute approximate surface area is 133 Å². The molecule has 0 aliphatic rings. The fourth-order valence-electron chi connectivity index (χ4n) is 1.85. The lowest BCUT2D eigenvalue weighted by atomic mass is 10.1. The summed E-state index contributed by atoms with van der Waals surface area (Å²) in [5.74, 6) is 0.509. The molecule has 0 spiro atoms. The first kappa shape index (κ1) is 15.6. The van der Waals surface area contributed by atoms with Crippen LogP contribution in [0, 0.1) is 0 Å². The number of amides is 1. The number of aromatic nitrogens is 1. The zero-order chi connectivity index (χ0) is 15.4. The summed E-state index contributed by atoms with van der Waals surface area (Å²) in [6.07, 6.45) is 0. The van der Waals surface area contributed by atoms with E-state index in [9.17, 15) is 4.79 Å². The lowest BCUT2D eigenvalue weighted by molar-refractivity contribution is 0.0940. The highest BCUT2D eigenvalue weighted by Gasteiger charge is 2.13. The Morgan fingerprint density at radius 3 is 2.29 bits per heavy atom. The predicted molar refractivity (Wildman–Crippen MR) is 83.1 cm³/mol. The Morgan fingerprint density at radius 2 is 1.76 bits per heavy atom. The molecule has 0 bridgehead atoms. The third-order valence-electron chi connectivity index (χ3n) is 2.99. The van der Waals surface area contributed by atoms with Crippen LogP contribution in [0.3, 0.4) is 0 Å². The SMILES string of the molecule is COc1ccc(C(C)NC(=O)c2cc(Cl)nc(Cl)c2)cc1. The molecule has 21 heavy (non-hydrogen) atoms. The first-order chi connectivity index (χ1) is 9.99. The summed E-state index contributed by atoms with van der Waals surface area (Å²) in [7, 11) is 1.61. The van der Waals surface area contributed by atoms with E-state index in [1.165, 1.54) is 12.1 Å². The lowest BCUT2D eigenvalue weighted by Crippen LogP contribution is -2.26. The molecule has 1 aromatic heterocycles. The Hall–Kier alpha value is -1.78. The number of carbonyl (C=O) groups excluding carboxylic acids is 1. The van der Waals surface area contributed by atoms with E-state index < -0.39 is 0 Å². The quantitative estimate of drug-likeness (QED) is 0.868. The normalized spacial score (nSPS) is 11.8. The maximum Gasteiger partial charge on any atom is 0.251 e. The zero-order valence-corrected chi connectivity index (χ0v) is 13.1. The topological polar surface area (TPSA) is 51.2 Å². The van der Waals surface area contributed by atoms with Gasteiger partial charge < -0.3 is 10.1 Å². The van der Waals surface area contributed by atoms with Gasteiger partial charge in [-0.05, 0) is 36.8 Å². The van der Waals surface area contributed by atoms with Crippen molar-refractivity contribution >= 4 is 29.1 Å². The second-order valence-electron chi connectivity index (χ2n) is 4.47. The number of hydrogen-bond acceptors (Lipinski definition) is 3. The van der Waals surface area contributed by atoms with Gasteiger partial charge in [-0.2, -0.15) is 0 Å². The van der Waals surface area contributed by atoms with Gasteiger partial charge in [-0.25, -0.2) is 4.98 Å². The number of nitrogens with zero attached hydrogens (tertiary/aromatic N) is 1. The molecule has 1 heterocycles. The minimum absolute atomic E-state index is 0.158. The van der Waals surface area contributed by atoms with E-state index in [-0.39, 0.29) is 22.3 Å². The smallest absolute Gasteiger partial charge is 0.251 e. The number of ether oxygens (including phenoxy) is 1. The van der Waals surface area contributed by atoms with Gasteiger partial charge in [-0.15, -0.1) is 0 Å². The summed E-state index contributed by atoms with van der Waals surface area (Å²) < 4.78 is 5.10. The molecule has 1 aromatic carbocycles. The number of hydrogen-bond donors (Lipinski definition) is 1. The van der Waals surface area contributed by atoms with Gasteiger partial charge in [0.1, 0.15) is 16.1 Å². The van der Waals surface area contributed by atoms with Crippen LogP contribution in [0.2, 0.25) is 10.3 Å². The van der Waals surface area contributed by atoms with Gasteiger partial charge in [-0.1, -0.05) is 35.3 Å². The maximum atomic E-state index is 12.2. The van der Waals surface area contributed by atoms with Crippen LogP contribution in [0.5, 0.6) is 5.75 Å². The van der Waals surface area contributed by atoms with Crippen molar-refractivity contribution < 1.29 is 9.53 Å². The maximum absolute atomic E-state index is 12.2. The molecule has 0 fully saturated rings. The van der Waals surface area contributed by atoms with Crippen LogP contribution in [0.15, 0.2) is 36.4 Å². The van der Waals surface area contributed by atoms with Gasteiger partial charge in [0.25, 0.3) is 5.91 Å². The number of carbonyl (C=O) groups is 1. The van der Waals surface area contributed by atoms with Crippen molar-refractivity contribution in [2.24, 2.45) is 0 Å². The number of rotatable bonds is 4. The molecule has 2 rings (SSSR count). The van der Waals surface area contributed by atoms with Gasteiger partial charge in [0.05, 0.1) is 13.2 Å². The fraction of sp³-hybridized carbons (Fsp3) is 0.200. The molecule has 110 valence electrons. The average molecular weight is 325 g/mol. The monoisotopic (exact) mass is 324 g/mol. The second-order valence-corrected chi connectivity index (χ2v) is 5.24. The molecule has 0 aliphatic heterocycles. The van der Waals surface area contributed by atoms with Crippen LogP contribution < -0.4 is 10.1 Å². The van der Waals surface area contributed by atoms with Crippen LogP contribution in [-0.4, -0.2) is 18.0 Å². The first-order valence-corrected chi connectivity index (χ1v) is 7.03. The molecule has 1 amide bonds. The van der Waals surface area contributed by atoms with Crippen LogP contribution in [0.4, 0.5) is 0 Å². The average Bonchev–Trinajstić information content (AvgIpc) is 2.46. The molecule has 2 aromatic rings. The van der Waals surface area contributed by atoms with Crippen molar-refractivity contribution in [1.29, 1.82) is 0 Å². The Bertz CT molecular complexity index is 624. The van der Waals surface area contributed by atoms with Gasteiger partial charge in [-0.3, -0.25) is 4.79 Å². The van der Waals surface area contributed by atoms with Gasteiger partial charge in [0, 0.05) is 5.56 Å². The van der Waals surface area contributed by atoms with E-state index in [2.05, 4.69) is 10.3 Å². The van der Waals surface area contributed by atoms with E-state index in [0.717, 1.165) is 11.3 Å². The molecule has 0 radical (unpaired) electrons. The van der Waals surface area contributed by atoms with E-state index >= 15 is 0 Å². The van der Waals surface area contributed by atoms with Crippen LogP contribution in [0.1, 0.15) is 28.9 Å². The number of halogens is 2. The fourth-order valence-corrected chi connectivity index (χ4v) is 2.31. The third kappa shape index (κ3) is 4.09. The number of pyridine rings is 1. The molecule has 0 saturated heterocycles. The van der Waals surface area contributed by atoms with Crippen LogP contribution >= 0.6 is 23.2 Å². The van der Waals surface area contributed by atoms with Crippen molar-refractivity contribution in [3.63, 3.8) is 0 Å². The molecule has 1 unspecified atom stereocenters. The predicted octanol–water partition coefficient (Wildman–Crippen LogP) is 3.89. The lowest BCUT2D eigenvalue weighted by Gasteiger charge is -2.15. The van der Waals surface area contributed by atoms with Crippen molar-refractivity contribution in [2.75, 3.05) is 7.11 Å². The summed E-state index contributed by atoms with van der Waals surface area (Å²) in [6, 6.07) is 10.3. The number of nitrogens with one attached hydrogen (secondary N) is 1. The minimum Gasteiger partial charge on any atom is -0.497 e. The second kappa shape index (κ2) is 6.78. The molecule has 0 saturated carbocycles. The highest BCUT2D eigenvalue weighted by molar-refractivity contribution is 6.33. The van der Waals surface area contributed by atoms with E-state index in [1.807, 2.05) is 31.2 Å². The highest BCUT2D eigenvalue weighted by atomic mass is 35.5. The van der Waals surface area contributed by atoms with Crippen molar-refractivity contribution in [3.8, 4) is 5.75 Å². The molecule has 4 nitrogen and oxygen atoms in total. The minimum atomic E-state index is -0.260. The molecule has 0 aliphatic carbocycles. The van der Waals surface area contributed by atoms with Crippen molar-refractivity contribution in [1.82, 2.24) is 10.3 Å². The molecule has 1 N–H and O–H groups in total. The van der Waals surface area contributed by atoms with E-state index in [0.29, 0.717) is 5.56 Å². The summed E-state index contributed by atoms with van der Waals surface area (Å²) in [5.41, 5.74) is 1.34. The Kier molecular flexibility index (Phi) is 5.04. The molecule has 6 heteroatoms. The first-order valence-electron chi connectivity index (χ1n) is 6.27. The van der Waals surface area contributed by atoms with E-state index in [4.69, 9.17) is 27.9 Å². The standard InChI is InChI=1S/C15H14Cl2N2O2/c1-9(10-3-5-12(21-2)6-4-10)18-15(20)11-7-13(16)19-14(17)8-11/h3-9H,1-2H3,(H,18,20). The molecule has 1 atom stereocenters. The zero-order valence-electron chi connectivity index (χ0n) is 11.6. The molecular formula is C15H14Cl2N2O2. The van der Waals surface area contributed by atoms with Crippen LogP contribution in [-0.2, 0) is 0 Å². The Morgan fingerprint density at radius 1 is 1.19 bits per heavy atom. The molecular weight excluding hydrogens is 311 g/mol. The van der Waals surface area contributed by atoms with Gasteiger partial charge >= 0.3 is 0 Å². The highest BCUT2D eigenvalue weighted by Crippen LogP contribution is 2.19. The summed E-state index contributed by atoms with van der Waals surface area (Å²) >= 11 is 11.6. The number of methoxy groups -OCH3 is 1. The van der Waals surface area contributed by atoms with E-state index in [1.54, 1.807) is 7.11 Å². The van der Waals surface area contributed by atoms with Crippen molar-refractivity contribution in [2.45, 2.75) is 13.0 Å². The van der Waals surface area contributed by atoms with Gasteiger partial charge in [0.15, 0.2) is 0 Å². The Balaban J connectivity index is 2.10.